The predicted octanol–water partition coefficient (Wildman–Crippen LogP) is 7.41. The molecule has 0 fully saturated rings. The van der Waals surface area contributed by atoms with Crippen LogP contribution in [0.3, 0.4) is 0 Å². The van der Waals surface area contributed by atoms with Crippen LogP contribution in [0.2, 0.25) is 0 Å². The van der Waals surface area contributed by atoms with Crippen LogP contribution in [0.5, 0.6) is 0 Å². The summed E-state index contributed by atoms with van der Waals surface area (Å²) in [4.78, 5) is 33.8. The van der Waals surface area contributed by atoms with Crippen molar-refractivity contribution in [3.63, 3.8) is 0 Å². The molecule has 240 valence electrons. The molecular weight excluding hydrogens is 625 g/mol. The number of rotatable bonds is 9. The molecule has 3 aromatic carbocycles. The van der Waals surface area contributed by atoms with Gasteiger partial charge in [-0.3, -0.25) is 4.79 Å². The van der Waals surface area contributed by atoms with Gasteiger partial charge in [0.05, 0.1) is 11.3 Å². The van der Waals surface area contributed by atoms with E-state index < -0.39 is 41.4 Å². The fraction of sp³-hybridized carbons (Fsp3) is 0.133. The summed E-state index contributed by atoms with van der Waals surface area (Å²) < 4.78 is 95.7. The van der Waals surface area contributed by atoms with Crippen LogP contribution in [-0.2, 0) is 20.5 Å². The van der Waals surface area contributed by atoms with E-state index in [1.807, 2.05) is 31.1 Å². The number of amides is 1. The van der Waals surface area contributed by atoms with Crippen molar-refractivity contribution in [2.75, 3.05) is 34.9 Å². The number of anilines is 6. The zero-order valence-corrected chi connectivity index (χ0v) is 23.8. The Labute approximate surface area is 256 Å². The second-order valence-electron chi connectivity index (χ2n) is 9.68. The molecule has 0 radical (unpaired) electrons. The highest BCUT2D eigenvalue weighted by molar-refractivity contribution is 6.03. The smallest absolute Gasteiger partial charge is 0.415 e. The molecule has 0 aliphatic heterocycles. The first kappa shape index (κ1) is 33.2. The summed E-state index contributed by atoms with van der Waals surface area (Å²) in [5.74, 6) is -6.06. The summed E-state index contributed by atoms with van der Waals surface area (Å²) in [6.45, 7) is 2.99. The number of nitrogens with zero attached hydrogens (tertiary/aromatic N) is 3. The fourth-order valence-corrected chi connectivity index (χ4v) is 3.80. The Bertz CT molecular complexity index is 1760. The van der Waals surface area contributed by atoms with E-state index in [0.29, 0.717) is 5.69 Å². The van der Waals surface area contributed by atoms with Crippen LogP contribution in [-0.4, -0.2) is 42.1 Å². The lowest BCUT2D eigenvalue weighted by Crippen LogP contribution is -2.28. The summed E-state index contributed by atoms with van der Waals surface area (Å²) in [5.41, 5.74) is 0.556. The first-order chi connectivity index (χ1) is 21.5. The Balaban J connectivity index is 1.65. The Kier molecular flexibility index (Phi) is 9.49. The molecule has 4 aromatic rings. The predicted molar refractivity (Wildman–Crippen MR) is 156 cm³/mol. The topological polar surface area (TPSA) is 108 Å². The lowest BCUT2D eigenvalue weighted by molar-refractivity contribution is -0.195. The van der Waals surface area contributed by atoms with Gasteiger partial charge in [-0.05, 0) is 60.2 Å². The molecule has 0 aliphatic rings. The number of benzene rings is 3. The fourth-order valence-electron chi connectivity index (χ4n) is 3.80. The molecule has 0 saturated carbocycles. The first-order valence-electron chi connectivity index (χ1n) is 13.0. The molecule has 46 heavy (non-hydrogen) atoms. The standard InChI is InChI=1S/C30H23F7N6O3/c1-16(46-27(45)30(35,36)37)26(44)39-20-10-13-23(31)24(14-20)41-25-22(17-4-6-18(7-5-17)29(32,33)34)15-38-28(42-25)40-19-8-11-21(12-9-19)43(2)3/h4-15H,1H2,2-3H3,(H,39,44)(H2,38,40,41,42). The summed E-state index contributed by atoms with van der Waals surface area (Å²) >= 11 is 0. The number of hydrogen-bond acceptors (Lipinski definition) is 8. The third-order valence-electron chi connectivity index (χ3n) is 6.13. The third kappa shape index (κ3) is 8.28. The van der Waals surface area contributed by atoms with E-state index in [0.717, 1.165) is 36.0 Å². The van der Waals surface area contributed by atoms with Crippen LogP contribution in [0.4, 0.5) is 65.2 Å². The number of carbonyl (C=O) groups excluding carboxylic acids is 2. The van der Waals surface area contributed by atoms with Crippen molar-refractivity contribution in [2.24, 2.45) is 0 Å². The van der Waals surface area contributed by atoms with Crippen LogP contribution < -0.4 is 20.9 Å². The number of esters is 1. The molecule has 0 aliphatic carbocycles. The summed E-state index contributed by atoms with van der Waals surface area (Å²) in [6, 6.07) is 14.3. The van der Waals surface area contributed by atoms with Crippen molar-refractivity contribution in [2.45, 2.75) is 12.4 Å². The average molecular weight is 649 g/mol. The van der Waals surface area contributed by atoms with E-state index in [1.54, 1.807) is 12.1 Å². The number of carbonyl (C=O) groups is 2. The normalized spacial score (nSPS) is 11.4. The van der Waals surface area contributed by atoms with E-state index in [4.69, 9.17) is 0 Å². The number of ether oxygens (including phenoxy) is 1. The number of halogens is 7. The quantitative estimate of drug-likeness (QED) is 0.0746. The molecule has 0 spiro atoms. The lowest BCUT2D eigenvalue weighted by Gasteiger charge is -2.16. The number of aromatic nitrogens is 2. The van der Waals surface area contributed by atoms with Crippen molar-refractivity contribution in [1.29, 1.82) is 0 Å². The van der Waals surface area contributed by atoms with Gasteiger partial charge in [0.25, 0.3) is 5.91 Å². The van der Waals surface area contributed by atoms with Crippen LogP contribution >= 0.6 is 0 Å². The molecule has 0 bridgehead atoms. The van der Waals surface area contributed by atoms with E-state index in [9.17, 15) is 40.3 Å². The van der Waals surface area contributed by atoms with Gasteiger partial charge >= 0.3 is 18.3 Å². The second-order valence-corrected chi connectivity index (χ2v) is 9.68. The maximum Gasteiger partial charge on any atom is 0.491 e. The summed E-state index contributed by atoms with van der Waals surface area (Å²) in [6.07, 6.45) is -8.66. The minimum atomic E-state index is -5.37. The Morgan fingerprint density at radius 2 is 1.50 bits per heavy atom. The molecule has 16 heteroatoms. The summed E-state index contributed by atoms with van der Waals surface area (Å²) in [5, 5.41) is 7.84. The van der Waals surface area contributed by atoms with Crippen LogP contribution in [0.1, 0.15) is 5.56 Å². The molecule has 9 nitrogen and oxygen atoms in total. The maximum atomic E-state index is 14.9. The Hall–Kier alpha value is -5.67. The zero-order valence-electron chi connectivity index (χ0n) is 23.8. The van der Waals surface area contributed by atoms with Crippen molar-refractivity contribution < 1.29 is 45.1 Å². The molecule has 0 unspecified atom stereocenters. The second kappa shape index (κ2) is 13.1. The monoisotopic (exact) mass is 648 g/mol. The third-order valence-corrected chi connectivity index (χ3v) is 6.13. The lowest BCUT2D eigenvalue weighted by atomic mass is 10.1. The molecule has 4 rings (SSSR count). The molecule has 1 amide bonds. The van der Waals surface area contributed by atoms with Crippen LogP contribution in [0, 0.1) is 5.82 Å². The van der Waals surface area contributed by atoms with Crippen molar-refractivity contribution in [3.8, 4) is 11.1 Å². The number of alkyl halides is 6. The van der Waals surface area contributed by atoms with E-state index in [-0.39, 0.29) is 34.3 Å². The van der Waals surface area contributed by atoms with Gasteiger partial charge in [-0.25, -0.2) is 14.2 Å². The highest BCUT2D eigenvalue weighted by Crippen LogP contribution is 2.35. The van der Waals surface area contributed by atoms with Crippen LogP contribution in [0.25, 0.3) is 11.1 Å². The number of hydrogen-bond donors (Lipinski definition) is 3. The van der Waals surface area contributed by atoms with Crippen LogP contribution in [0.15, 0.2) is 85.3 Å². The highest BCUT2D eigenvalue weighted by Gasteiger charge is 2.42. The van der Waals surface area contributed by atoms with Gasteiger partial charge < -0.3 is 25.6 Å². The van der Waals surface area contributed by atoms with Gasteiger partial charge in [0, 0.05) is 42.9 Å². The molecule has 1 aromatic heterocycles. The van der Waals surface area contributed by atoms with Gasteiger partial charge in [0.15, 0.2) is 5.76 Å². The van der Waals surface area contributed by atoms with Gasteiger partial charge in [-0.15, -0.1) is 0 Å². The van der Waals surface area contributed by atoms with Gasteiger partial charge in [-0.2, -0.15) is 31.3 Å². The van der Waals surface area contributed by atoms with Gasteiger partial charge in [0.1, 0.15) is 11.6 Å². The van der Waals surface area contributed by atoms with E-state index in [2.05, 4.69) is 37.2 Å². The number of nitrogens with one attached hydrogen (secondary N) is 3. The van der Waals surface area contributed by atoms with Crippen molar-refractivity contribution in [3.05, 3.63) is 96.6 Å². The molecule has 0 saturated heterocycles. The van der Waals surface area contributed by atoms with Crippen molar-refractivity contribution >= 4 is 46.4 Å². The Morgan fingerprint density at radius 1 is 0.870 bits per heavy atom. The first-order valence-corrected chi connectivity index (χ1v) is 13.0. The zero-order chi connectivity index (χ0) is 33.8. The average Bonchev–Trinajstić information content (AvgIpc) is 2.98. The van der Waals surface area contributed by atoms with Gasteiger partial charge in [0.2, 0.25) is 5.95 Å². The van der Waals surface area contributed by atoms with Crippen molar-refractivity contribution in [1.82, 2.24) is 9.97 Å². The van der Waals surface area contributed by atoms with Gasteiger partial charge in [-0.1, -0.05) is 18.7 Å². The minimum Gasteiger partial charge on any atom is -0.415 e. The molecule has 1 heterocycles. The molecule has 0 atom stereocenters. The molecule has 3 N–H and O–H groups in total. The maximum absolute atomic E-state index is 14.9. The SMILES string of the molecule is C=C(OC(=O)C(F)(F)F)C(=O)Nc1ccc(F)c(Nc2nc(Nc3ccc(N(C)C)cc3)ncc2-c2ccc(C(F)(F)F)cc2)c1. The largest absolute Gasteiger partial charge is 0.491 e. The molecular formula is C30H23F7N6O3. The van der Waals surface area contributed by atoms with E-state index >= 15 is 0 Å². The Morgan fingerprint density at radius 3 is 2.09 bits per heavy atom. The van der Waals surface area contributed by atoms with E-state index in [1.165, 1.54) is 18.3 Å². The minimum absolute atomic E-state index is 0.0309. The summed E-state index contributed by atoms with van der Waals surface area (Å²) in [7, 11) is 3.73. The highest BCUT2D eigenvalue weighted by atomic mass is 19.4.